The van der Waals surface area contributed by atoms with Gasteiger partial charge < -0.3 is 9.84 Å². The van der Waals surface area contributed by atoms with E-state index in [1.807, 2.05) is 36.4 Å². The zero-order valence-electron chi connectivity index (χ0n) is 11.5. The Morgan fingerprint density at radius 2 is 1.85 bits per heavy atom. The normalized spacial score (nSPS) is 11.9. The van der Waals surface area contributed by atoms with Crippen molar-refractivity contribution in [2.45, 2.75) is 13.3 Å². The molecule has 0 spiro atoms. The van der Waals surface area contributed by atoms with Crippen molar-refractivity contribution in [2.24, 2.45) is 5.92 Å². The number of carboxylic acid groups (broad SMARTS) is 1. The van der Waals surface area contributed by atoms with Crippen molar-refractivity contribution in [1.82, 2.24) is 4.98 Å². The summed E-state index contributed by atoms with van der Waals surface area (Å²) in [5.74, 6) is -0.558. The standard InChI is InChI=1S/C16H17NO3/c1-11(16(18)19)9-12-3-5-13(6-4-12)14-7-8-15(20-2)17-10-14/h3-8,10-11H,9H2,1-2H3,(H,18,19). The lowest BCUT2D eigenvalue weighted by Crippen LogP contribution is -2.12. The van der Waals surface area contributed by atoms with Gasteiger partial charge in [-0.25, -0.2) is 4.98 Å². The minimum absolute atomic E-state index is 0.372. The van der Waals surface area contributed by atoms with Crippen molar-refractivity contribution >= 4 is 5.97 Å². The Bertz CT molecular complexity index is 576. The van der Waals surface area contributed by atoms with E-state index in [-0.39, 0.29) is 5.92 Å². The highest BCUT2D eigenvalue weighted by atomic mass is 16.5. The van der Waals surface area contributed by atoms with Crippen LogP contribution in [0.5, 0.6) is 5.88 Å². The third-order valence-corrected chi connectivity index (χ3v) is 3.20. The Kier molecular flexibility index (Phi) is 4.35. The van der Waals surface area contributed by atoms with Crippen LogP contribution < -0.4 is 4.74 Å². The smallest absolute Gasteiger partial charge is 0.306 e. The fourth-order valence-electron chi connectivity index (χ4n) is 1.95. The van der Waals surface area contributed by atoms with Crippen molar-refractivity contribution in [3.63, 3.8) is 0 Å². The maximum atomic E-state index is 10.8. The van der Waals surface area contributed by atoms with Gasteiger partial charge in [0.25, 0.3) is 0 Å². The summed E-state index contributed by atoms with van der Waals surface area (Å²) in [4.78, 5) is 15.0. The highest BCUT2D eigenvalue weighted by molar-refractivity contribution is 5.70. The second kappa shape index (κ2) is 6.19. The largest absolute Gasteiger partial charge is 0.481 e. The minimum Gasteiger partial charge on any atom is -0.481 e. The lowest BCUT2D eigenvalue weighted by Gasteiger charge is -2.07. The highest BCUT2D eigenvalue weighted by Gasteiger charge is 2.11. The van der Waals surface area contributed by atoms with Crippen LogP contribution in [0.25, 0.3) is 11.1 Å². The second-order valence-electron chi connectivity index (χ2n) is 4.73. The monoisotopic (exact) mass is 271 g/mol. The Labute approximate surface area is 118 Å². The summed E-state index contributed by atoms with van der Waals surface area (Å²) in [5, 5.41) is 8.91. The van der Waals surface area contributed by atoms with E-state index in [0.717, 1.165) is 16.7 Å². The van der Waals surface area contributed by atoms with Gasteiger partial charge in [0.2, 0.25) is 5.88 Å². The maximum absolute atomic E-state index is 10.8. The SMILES string of the molecule is COc1ccc(-c2ccc(CC(C)C(=O)O)cc2)cn1. The van der Waals surface area contributed by atoms with E-state index < -0.39 is 5.97 Å². The molecule has 1 aromatic heterocycles. The number of aromatic nitrogens is 1. The molecule has 2 rings (SSSR count). The van der Waals surface area contributed by atoms with Gasteiger partial charge in [-0.2, -0.15) is 0 Å². The van der Waals surface area contributed by atoms with E-state index in [1.165, 1.54) is 0 Å². The molecule has 1 unspecified atom stereocenters. The summed E-state index contributed by atoms with van der Waals surface area (Å²) in [6.07, 6.45) is 2.30. The summed E-state index contributed by atoms with van der Waals surface area (Å²) in [6.45, 7) is 1.71. The number of ether oxygens (including phenoxy) is 1. The first-order valence-electron chi connectivity index (χ1n) is 6.42. The first-order valence-corrected chi connectivity index (χ1v) is 6.42. The van der Waals surface area contributed by atoms with Crippen LogP contribution in [0.2, 0.25) is 0 Å². The molecule has 0 saturated heterocycles. The lowest BCUT2D eigenvalue weighted by atomic mass is 9.99. The molecule has 0 aliphatic heterocycles. The predicted molar refractivity (Wildman–Crippen MR) is 76.7 cm³/mol. The van der Waals surface area contributed by atoms with Gasteiger partial charge in [-0.3, -0.25) is 4.79 Å². The highest BCUT2D eigenvalue weighted by Crippen LogP contribution is 2.21. The molecule has 4 nitrogen and oxygen atoms in total. The molecule has 0 saturated carbocycles. The summed E-state index contributed by atoms with van der Waals surface area (Å²) in [6, 6.07) is 11.6. The van der Waals surface area contributed by atoms with Gasteiger partial charge >= 0.3 is 5.97 Å². The number of hydrogen-bond acceptors (Lipinski definition) is 3. The van der Waals surface area contributed by atoms with Crippen LogP contribution in [0.3, 0.4) is 0 Å². The van der Waals surface area contributed by atoms with Crippen molar-refractivity contribution in [3.8, 4) is 17.0 Å². The van der Waals surface area contributed by atoms with Gasteiger partial charge in [-0.1, -0.05) is 31.2 Å². The van der Waals surface area contributed by atoms with Gasteiger partial charge in [0, 0.05) is 17.8 Å². The van der Waals surface area contributed by atoms with Gasteiger partial charge in [-0.05, 0) is 23.6 Å². The summed E-state index contributed by atoms with van der Waals surface area (Å²) >= 11 is 0. The van der Waals surface area contributed by atoms with Gasteiger partial charge in [0.15, 0.2) is 0 Å². The first kappa shape index (κ1) is 14.1. The summed E-state index contributed by atoms with van der Waals surface area (Å²) in [7, 11) is 1.58. The molecule has 20 heavy (non-hydrogen) atoms. The molecule has 0 bridgehead atoms. The van der Waals surface area contributed by atoms with E-state index in [0.29, 0.717) is 12.3 Å². The third-order valence-electron chi connectivity index (χ3n) is 3.20. The first-order chi connectivity index (χ1) is 9.60. The van der Waals surface area contributed by atoms with Gasteiger partial charge in [0.05, 0.1) is 13.0 Å². The summed E-state index contributed by atoms with van der Waals surface area (Å²) < 4.78 is 5.02. The predicted octanol–water partition coefficient (Wildman–Crippen LogP) is 3.02. The van der Waals surface area contributed by atoms with E-state index in [9.17, 15) is 4.79 Å². The number of benzene rings is 1. The minimum atomic E-state index is -0.770. The zero-order valence-corrected chi connectivity index (χ0v) is 11.5. The molecule has 0 aliphatic rings. The molecule has 104 valence electrons. The Hall–Kier alpha value is -2.36. The van der Waals surface area contributed by atoms with Crippen molar-refractivity contribution < 1.29 is 14.6 Å². The fraction of sp³-hybridized carbons (Fsp3) is 0.250. The zero-order chi connectivity index (χ0) is 14.5. The van der Waals surface area contributed by atoms with E-state index in [4.69, 9.17) is 9.84 Å². The average molecular weight is 271 g/mol. The molecular weight excluding hydrogens is 254 g/mol. The molecular formula is C16H17NO3. The van der Waals surface area contributed by atoms with E-state index in [2.05, 4.69) is 4.98 Å². The molecule has 0 fully saturated rings. The Morgan fingerprint density at radius 1 is 1.20 bits per heavy atom. The number of carboxylic acids is 1. The van der Waals surface area contributed by atoms with Crippen molar-refractivity contribution in [3.05, 3.63) is 48.2 Å². The van der Waals surface area contributed by atoms with E-state index in [1.54, 1.807) is 20.2 Å². The van der Waals surface area contributed by atoms with Crippen LogP contribution >= 0.6 is 0 Å². The van der Waals surface area contributed by atoms with Crippen LogP contribution in [0.1, 0.15) is 12.5 Å². The van der Waals surface area contributed by atoms with Crippen molar-refractivity contribution in [1.29, 1.82) is 0 Å². The van der Waals surface area contributed by atoms with Crippen LogP contribution in [-0.4, -0.2) is 23.2 Å². The number of aliphatic carboxylic acids is 1. The molecule has 1 N–H and O–H groups in total. The number of methoxy groups -OCH3 is 1. The fourth-order valence-corrected chi connectivity index (χ4v) is 1.95. The number of carbonyl (C=O) groups is 1. The molecule has 1 aromatic carbocycles. The van der Waals surface area contributed by atoms with Crippen LogP contribution in [0.4, 0.5) is 0 Å². The quantitative estimate of drug-likeness (QED) is 0.908. The maximum Gasteiger partial charge on any atom is 0.306 e. The molecule has 0 aliphatic carbocycles. The lowest BCUT2D eigenvalue weighted by molar-refractivity contribution is -0.141. The topological polar surface area (TPSA) is 59.4 Å². The molecule has 0 radical (unpaired) electrons. The Morgan fingerprint density at radius 3 is 2.35 bits per heavy atom. The molecule has 0 amide bonds. The number of rotatable bonds is 5. The van der Waals surface area contributed by atoms with Gasteiger partial charge in [0.1, 0.15) is 0 Å². The third kappa shape index (κ3) is 3.35. The number of pyridine rings is 1. The van der Waals surface area contributed by atoms with Crippen LogP contribution in [0, 0.1) is 5.92 Å². The number of nitrogens with zero attached hydrogens (tertiary/aromatic N) is 1. The average Bonchev–Trinajstić information content (AvgIpc) is 2.48. The second-order valence-corrected chi connectivity index (χ2v) is 4.73. The molecule has 2 aromatic rings. The Balaban J connectivity index is 2.12. The molecule has 4 heteroatoms. The molecule has 1 heterocycles. The van der Waals surface area contributed by atoms with Crippen molar-refractivity contribution in [2.75, 3.05) is 7.11 Å². The van der Waals surface area contributed by atoms with E-state index >= 15 is 0 Å². The van der Waals surface area contributed by atoms with Crippen LogP contribution in [0.15, 0.2) is 42.6 Å². The summed E-state index contributed by atoms with van der Waals surface area (Å²) in [5.41, 5.74) is 3.07. The van der Waals surface area contributed by atoms with Gasteiger partial charge in [-0.15, -0.1) is 0 Å². The number of hydrogen-bond donors (Lipinski definition) is 1. The molecule has 1 atom stereocenters. The van der Waals surface area contributed by atoms with Crippen LogP contribution in [-0.2, 0) is 11.2 Å².